The molecule has 0 aromatic carbocycles. The molecule has 0 fully saturated rings. The molecule has 0 bridgehead atoms. The maximum atomic E-state index is 6.25. The molecule has 0 spiro atoms. The summed E-state index contributed by atoms with van der Waals surface area (Å²) in [4.78, 5) is 0. The van der Waals surface area contributed by atoms with Crippen LogP contribution in [0, 0.1) is 23.7 Å². The van der Waals surface area contributed by atoms with E-state index in [4.69, 9.17) is 23.7 Å². The maximum Gasteiger partial charge on any atom is 2.00 e. The topological polar surface area (TPSA) is 47.6 Å². The third-order valence-electron chi connectivity index (χ3n) is 0. The van der Waals surface area contributed by atoms with E-state index in [0.717, 1.165) is 0 Å². The van der Waals surface area contributed by atoms with Crippen LogP contribution in [-0.4, -0.2) is 51.4 Å². The predicted octanol–water partition coefficient (Wildman–Crippen LogP) is -0.191. The molecule has 1 radical (unpaired) electrons. The van der Waals surface area contributed by atoms with Crippen LogP contribution in [0.3, 0.4) is 0 Å². The van der Waals surface area contributed by atoms with Gasteiger partial charge in [-0.05, 0) is 0 Å². The van der Waals surface area contributed by atoms with Crippen LogP contribution in [0.2, 0.25) is 0 Å². The molecule has 4 heteroatoms. The molecule has 0 N–H and O–H groups in total. The van der Waals surface area contributed by atoms with Gasteiger partial charge in [-0.15, -0.1) is 0 Å². The average Bonchev–Trinajstić information content (AvgIpc) is 1.50. The van der Waals surface area contributed by atoms with Gasteiger partial charge in [-0.1, -0.05) is 0 Å². The molecule has 0 aliphatic carbocycles. The Balaban J connectivity index is -0.00000000500. The first kappa shape index (κ1) is 26.6. The van der Waals surface area contributed by atoms with Crippen LogP contribution in [-0.2, 0) is 21.1 Å². The molecule has 0 heterocycles. The Morgan fingerprint density at radius 1 is 0.833 bits per heavy atom. The zero-order valence-electron chi connectivity index (χ0n) is 3.21. The molecule has 6 heavy (non-hydrogen) atoms. The van der Waals surface area contributed by atoms with Gasteiger partial charge in [0, 0.05) is 51.4 Å². The molecule has 0 aromatic heterocycles. The van der Waals surface area contributed by atoms with E-state index in [-0.39, 0.29) is 72.4 Å². The molecular formula is C2KN2Pt. The van der Waals surface area contributed by atoms with Crippen molar-refractivity contribution in [2.75, 3.05) is 0 Å². The van der Waals surface area contributed by atoms with E-state index < -0.39 is 0 Å². The third-order valence-corrected chi connectivity index (χ3v) is 0. The molecule has 0 rings (SSSR count). The number of rotatable bonds is 0. The van der Waals surface area contributed by atoms with Crippen molar-refractivity contribution in [3.8, 4) is 0 Å². The van der Waals surface area contributed by atoms with Crippen LogP contribution in [0.5, 0.6) is 0 Å². The van der Waals surface area contributed by atoms with E-state index in [9.17, 15) is 0 Å². The van der Waals surface area contributed by atoms with Gasteiger partial charge in [-0.2, -0.15) is 0 Å². The van der Waals surface area contributed by atoms with E-state index in [0.29, 0.717) is 0 Å². The molecule has 0 aliphatic rings. The summed E-state index contributed by atoms with van der Waals surface area (Å²) in [5, 5.41) is 12.5. The van der Waals surface area contributed by atoms with E-state index in [1.54, 1.807) is 0 Å². The molecule has 29 valence electrons. The minimum absolute atomic E-state index is 0. The Hall–Kier alpha value is 1.30. The van der Waals surface area contributed by atoms with E-state index in [1.807, 2.05) is 0 Å². The zero-order valence-corrected chi connectivity index (χ0v) is 8.61. The number of hydrogen-bond donors (Lipinski definition) is 0. The molecule has 0 aromatic rings. The van der Waals surface area contributed by atoms with Crippen LogP contribution in [0.15, 0.2) is 0 Å². The monoisotopic (exact) mass is 286 g/mol. The Labute approximate surface area is 94.2 Å². The predicted molar refractivity (Wildman–Crippen MR) is 15.7 cm³/mol. The minimum atomic E-state index is 0. The van der Waals surface area contributed by atoms with E-state index in [1.165, 1.54) is 0 Å². The molecule has 2 nitrogen and oxygen atoms in total. The van der Waals surface area contributed by atoms with Gasteiger partial charge >= 0.3 is 21.1 Å². The molecular weight excluding hydrogens is 286 g/mol. The summed E-state index contributed by atoms with van der Waals surface area (Å²) in [6.07, 6.45) is 0. The smallest absolute Gasteiger partial charge is 0.512 e. The molecule has 0 saturated carbocycles. The number of hydrogen-bond acceptors (Lipinski definition) is 2. The van der Waals surface area contributed by atoms with Gasteiger partial charge in [0.1, 0.15) is 0 Å². The number of nitrogens with zero attached hydrogens (tertiary/aromatic N) is 2. The minimum Gasteiger partial charge on any atom is -0.512 e. The van der Waals surface area contributed by atoms with Gasteiger partial charge in [0.05, 0.1) is 0 Å². The Morgan fingerprint density at radius 3 is 0.833 bits per heavy atom. The fourth-order valence-corrected chi connectivity index (χ4v) is 0. The second kappa shape index (κ2) is 104. The molecule has 0 atom stereocenters. The van der Waals surface area contributed by atoms with E-state index >= 15 is 0 Å². The molecule has 0 amide bonds. The maximum absolute atomic E-state index is 6.25. The SMILES string of the molecule is [C-]#N.[C-]#N.[K].[Pt+2]. The van der Waals surface area contributed by atoms with Gasteiger partial charge in [0.25, 0.3) is 0 Å². The van der Waals surface area contributed by atoms with Crippen LogP contribution in [0.1, 0.15) is 0 Å². The van der Waals surface area contributed by atoms with Crippen molar-refractivity contribution in [2.24, 2.45) is 0 Å². The Kier molecular flexibility index (Phi) is 462. The van der Waals surface area contributed by atoms with Gasteiger partial charge < -0.3 is 23.7 Å². The van der Waals surface area contributed by atoms with Crippen LogP contribution >= 0.6 is 0 Å². The second-order valence-corrected chi connectivity index (χ2v) is 0. The summed E-state index contributed by atoms with van der Waals surface area (Å²) in [7, 11) is 0. The molecule has 0 unspecified atom stereocenters. The summed E-state index contributed by atoms with van der Waals surface area (Å²) in [5.74, 6) is 0. The Morgan fingerprint density at radius 2 is 0.833 bits per heavy atom. The summed E-state index contributed by atoms with van der Waals surface area (Å²) in [5.41, 5.74) is 0. The second-order valence-electron chi connectivity index (χ2n) is 0. The van der Waals surface area contributed by atoms with Crippen molar-refractivity contribution in [3.63, 3.8) is 0 Å². The first-order valence-corrected chi connectivity index (χ1v) is 0.447. The van der Waals surface area contributed by atoms with Crippen molar-refractivity contribution >= 4 is 51.4 Å². The van der Waals surface area contributed by atoms with E-state index in [2.05, 4.69) is 0 Å². The quantitative estimate of drug-likeness (QED) is 0.458. The summed E-state index contributed by atoms with van der Waals surface area (Å²) < 4.78 is 0. The van der Waals surface area contributed by atoms with Gasteiger partial charge in [-0.25, -0.2) is 0 Å². The first-order valence-electron chi connectivity index (χ1n) is 0.447. The average molecular weight is 286 g/mol. The Bertz CT molecular complexity index is 27.0. The zero-order chi connectivity index (χ0) is 4.00. The summed E-state index contributed by atoms with van der Waals surface area (Å²) >= 11 is 0. The van der Waals surface area contributed by atoms with Crippen molar-refractivity contribution in [1.29, 1.82) is 10.5 Å². The fraction of sp³-hybridized carbons (Fsp3) is 0. The van der Waals surface area contributed by atoms with Crippen LogP contribution in [0.4, 0.5) is 0 Å². The standard InChI is InChI=1S/2CN.K.Pt/c2*1-2;;/q2*-1;;+2. The largest absolute Gasteiger partial charge is 2.00 e. The van der Waals surface area contributed by atoms with Crippen molar-refractivity contribution in [1.82, 2.24) is 0 Å². The van der Waals surface area contributed by atoms with Crippen LogP contribution in [0.25, 0.3) is 0 Å². The molecule has 0 aliphatic heterocycles. The normalized spacial score (nSPS) is 0.667. The van der Waals surface area contributed by atoms with Gasteiger partial charge in [-0.3, -0.25) is 0 Å². The van der Waals surface area contributed by atoms with Crippen molar-refractivity contribution in [3.05, 3.63) is 13.1 Å². The van der Waals surface area contributed by atoms with Crippen molar-refractivity contribution < 1.29 is 21.1 Å². The molecule has 0 saturated heterocycles. The third kappa shape index (κ3) is 57.7. The van der Waals surface area contributed by atoms with Crippen LogP contribution < -0.4 is 0 Å². The fourth-order valence-electron chi connectivity index (χ4n) is 0. The van der Waals surface area contributed by atoms with Gasteiger partial charge in [0.15, 0.2) is 0 Å². The van der Waals surface area contributed by atoms with Crippen molar-refractivity contribution in [2.45, 2.75) is 0 Å². The van der Waals surface area contributed by atoms with Gasteiger partial charge in [0.2, 0.25) is 0 Å². The summed E-state index contributed by atoms with van der Waals surface area (Å²) in [6, 6.07) is 0. The first-order chi connectivity index (χ1) is 2.00. The summed E-state index contributed by atoms with van der Waals surface area (Å²) in [6.45, 7) is 9.50.